The van der Waals surface area contributed by atoms with Gasteiger partial charge in [0, 0.05) is 24.1 Å². The SMILES string of the molecule is Cc1cccc(Cc2c(NCc3ccc(-c4ccccc4-c4nn[nH]n4)cc3)nc(C)nc2C(F)(F)F)c1. The Hall–Kier alpha value is -4.60. The fraction of sp³-hybridized carbons (Fsp3) is 0.179. The van der Waals surface area contributed by atoms with Gasteiger partial charge in [0.25, 0.3) is 0 Å². The number of H-pyrrole nitrogens is 1. The van der Waals surface area contributed by atoms with Crippen LogP contribution in [0.5, 0.6) is 0 Å². The van der Waals surface area contributed by atoms with Crippen molar-refractivity contribution < 1.29 is 13.2 Å². The van der Waals surface area contributed by atoms with E-state index in [1.807, 2.05) is 79.7 Å². The molecule has 0 unspecified atom stereocenters. The highest BCUT2D eigenvalue weighted by atomic mass is 19.4. The molecule has 5 aromatic rings. The molecule has 0 spiro atoms. The monoisotopic (exact) mass is 515 g/mol. The summed E-state index contributed by atoms with van der Waals surface area (Å²) in [4.78, 5) is 8.10. The van der Waals surface area contributed by atoms with Crippen molar-refractivity contribution in [2.75, 3.05) is 5.32 Å². The fourth-order valence-electron chi connectivity index (χ4n) is 4.36. The summed E-state index contributed by atoms with van der Waals surface area (Å²) in [6, 6.07) is 22.9. The third-order valence-electron chi connectivity index (χ3n) is 6.09. The van der Waals surface area contributed by atoms with Crippen molar-refractivity contribution in [3.63, 3.8) is 0 Å². The summed E-state index contributed by atoms with van der Waals surface area (Å²) < 4.78 is 41.9. The number of aromatic amines is 1. The van der Waals surface area contributed by atoms with Gasteiger partial charge in [0.15, 0.2) is 5.69 Å². The molecule has 0 saturated carbocycles. The van der Waals surface area contributed by atoms with Crippen LogP contribution >= 0.6 is 0 Å². The second kappa shape index (κ2) is 10.4. The second-order valence-electron chi connectivity index (χ2n) is 8.94. The van der Waals surface area contributed by atoms with Crippen molar-refractivity contribution in [1.29, 1.82) is 0 Å². The van der Waals surface area contributed by atoms with Gasteiger partial charge in [-0.15, -0.1) is 10.2 Å². The lowest BCUT2D eigenvalue weighted by Crippen LogP contribution is -2.18. The topological polar surface area (TPSA) is 92.3 Å². The molecule has 2 N–H and O–H groups in total. The normalized spacial score (nSPS) is 11.5. The number of hydrogen-bond acceptors (Lipinski definition) is 6. The van der Waals surface area contributed by atoms with Crippen molar-refractivity contribution in [3.05, 3.63) is 107 Å². The highest BCUT2D eigenvalue weighted by molar-refractivity contribution is 5.80. The Morgan fingerprint density at radius 3 is 2.29 bits per heavy atom. The lowest BCUT2D eigenvalue weighted by atomic mass is 9.98. The van der Waals surface area contributed by atoms with Gasteiger partial charge in [-0.2, -0.15) is 18.4 Å². The largest absolute Gasteiger partial charge is 0.433 e. The molecule has 192 valence electrons. The van der Waals surface area contributed by atoms with E-state index in [4.69, 9.17) is 0 Å². The van der Waals surface area contributed by atoms with Gasteiger partial charge < -0.3 is 5.32 Å². The standard InChI is InChI=1S/C28H24F3N7/c1-17-6-5-7-20(14-17)15-24-25(28(29,30)31)33-18(2)34-26(24)32-16-19-10-12-21(13-11-19)22-8-3-4-9-23(22)27-35-37-38-36-27/h3-14H,15-16H2,1-2H3,(H,32,33,34)(H,35,36,37,38). The molecule has 38 heavy (non-hydrogen) atoms. The summed E-state index contributed by atoms with van der Waals surface area (Å²) in [7, 11) is 0. The molecule has 0 amide bonds. The highest BCUT2D eigenvalue weighted by Gasteiger charge is 2.37. The Kier molecular flexibility index (Phi) is 6.87. The summed E-state index contributed by atoms with van der Waals surface area (Å²) in [6.45, 7) is 3.66. The third-order valence-corrected chi connectivity index (χ3v) is 6.09. The molecule has 2 heterocycles. The van der Waals surface area contributed by atoms with Crippen LogP contribution in [-0.2, 0) is 19.1 Å². The van der Waals surface area contributed by atoms with Gasteiger partial charge in [-0.3, -0.25) is 0 Å². The van der Waals surface area contributed by atoms with E-state index in [0.717, 1.165) is 33.4 Å². The van der Waals surface area contributed by atoms with Gasteiger partial charge in [-0.1, -0.05) is 78.4 Å². The van der Waals surface area contributed by atoms with Crippen molar-refractivity contribution in [2.24, 2.45) is 0 Å². The van der Waals surface area contributed by atoms with Crippen LogP contribution in [0.25, 0.3) is 22.5 Å². The molecule has 0 aliphatic rings. The summed E-state index contributed by atoms with van der Waals surface area (Å²) in [6.07, 6.45) is -4.54. The van der Waals surface area contributed by atoms with Crippen LogP contribution in [0.1, 0.15) is 33.8 Å². The van der Waals surface area contributed by atoms with Crippen LogP contribution in [0.4, 0.5) is 19.0 Å². The number of alkyl halides is 3. The first kappa shape index (κ1) is 25.1. The Labute approximate surface area is 217 Å². The minimum absolute atomic E-state index is 0.0272. The molecule has 0 saturated heterocycles. The van der Waals surface area contributed by atoms with Crippen LogP contribution in [-0.4, -0.2) is 30.6 Å². The predicted molar refractivity (Wildman–Crippen MR) is 138 cm³/mol. The average molecular weight is 516 g/mol. The van der Waals surface area contributed by atoms with E-state index in [9.17, 15) is 13.2 Å². The maximum absolute atomic E-state index is 14.0. The van der Waals surface area contributed by atoms with Crippen LogP contribution in [0.2, 0.25) is 0 Å². The molecular weight excluding hydrogens is 491 g/mol. The van der Waals surface area contributed by atoms with Crippen molar-refractivity contribution >= 4 is 5.82 Å². The van der Waals surface area contributed by atoms with E-state index >= 15 is 0 Å². The number of nitrogens with one attached hydrogen (secondary N) is 2. The minimum atomic E-state index is -4.60. The van der Waals surface area contributed by atoms with E-state index in [1.165, 1.54) is 6.92 Å². The number of hydrogen-bond donors (Lipinski definition) is 2. The van der Waals surface area contributed by atoms with Gasteiger partial charge in [0.05, 0.1) is 0 Å². The van der Waals surface area contributed by atoms with E-state index < -0.39 is 11.9 Å². The zero-order chi connectivity index (χ0) is 26.7. The number of benzene rings is 3. The minimum Gasteiger partial charge on any atom is -0.366 e. The number of aryl methyl sites for hydroxylation is 2. The quantitative estimate of drug-likeness (QED) is 0.270. The van der Waals surface area contributed by atoms with Crippen LogP contribution < -0.4 is 5.32 Å². The average Bonchev–Trinajstić information content (AvgIpc) is 3.43. The molecule has 0 atom stereocenters. The summed E-state index contributed by atoms with van der Waals surface area (Å²) in [5.41, 5.74) is 4.46. The number of aromatic nitrogens is 6. The molecule has 3 aromatic carbocycles. The molecule has 2 aromatic heterocycles. The van der Waals surface area contributed by atoms with E-state index in [1.54, 1.807) is 0 Å². The molecule has 0 aliphatic carbocycles. The number of anilines is 1. The fourth-order valence-corrected chi connectivity index (χ4v) is 4.36. The van der Waals surface area contributed by atoms with Crippen molar-refractivity contribution in [3.8, 4) is 22.5 Å². The summed E-state index contributed by atoms with van der Waals surface area (Å²) in [5, 5.41) is 17.4. The van der Waals surface area contributed by atoms with E-state index in [-0.39, 0.29) is 23.6 Å². The number of tetrazole rings is 1. The van der Waals surface area contributed by atoms with Gasteiger partial charge in [-0.25, -0.2) is 9.97 Å². The third kappa shape index (κ3) is 5.54. The molecule has 0 radical (unpaired) electrons. The molecule has 0 bridgehead atoms. The number of halogens is 3. The second-order valence-corrected chi connectivity index (χ2v) is 8.94. The maximum atomic E-state index is 14.0. The Morgan fingerprint density at radius 1 is 0.842 bits per heavy atom. The smallest absolute Gasteiger partial charge is 0.366 e. The van der Waals surface area contributed by atoms with Crippen LogP contribution in [0, 0.1) is 13.8 Å². The van der Waals surface area contributed by atoms with Gasteiger partial charge in [0.1, 0.15) is 11.6 Å². The van der Waals surface area contributed by atoms with E-state index in [0.29, 0.717) is 12.4 Å². The van der Waals surface area contributed by atoms with Crippen LogP contribution in [0.15, 0.2) is 72.8 Å². The Morgan fingerprint density at radius 2 is 1.61 bits per heavy atom. The first-order valence-corrected chi connectivity index (χ1v) is 11.9. The maximum Gasteiger partial charge on any atom is 0.433 e. The van der Waals surface area contributed by atoms with E-state index in [2.05, 4.69) is 35.9 Å². The van der Waals surface area contributed by atoms with Gasteiger partial charge >= 0.3 is 6.18 Å². The first-order chi connectivity index (χ1) is 18.3. The highest BCUT2D eigenvalue weighted by Crippen LogP contribution is 2.35. The first-order valence-electron chi connectivity index (χ1n) is 11.9. The number of nitrogens with zero attached hydrogens (tertiary/aromatic N) is 5. The van der Waals surface area contributed by atoms with Gasteiger partial charge in [0.2, 0.25) is 5.82 Å². The lowest BCUT2D eigenvalue weighted by Gasteiger charge is -2.18. The zero-order valence-corrected chi connectivity index (χ0v) is 20.7. The molecular formula is C28H24F3N7. The summed E-state index contributed by atoms with van der Waals surface area (Å²) in [5.74, 6) is 0.728. The lowest BCUT2D eigenvalue weighted by molar-refractivity contribution is -0.141. The van der Waals surface area contributed by atoms with Crippen LogP contribution in [0.3, 0.4) is 0 Å². The predicted octanol–water partition coefficient (Wildman–Crippen LogP) is 6.16. The Balaban J connectivity index is 1.41. The molecule has 0 aliphatic heterocycles. The molecule has 5 rings (SSSR count). The number of rotatable bonds is 7. The molecule has 7 nitrogen and oxygen atoms in total. The van der Waals surface area contributed by atoms with Crippen molar-refractivity contribution in [1.82, 2.24) is 30.6 Å². The molecule has 10 heteroatoms. The Bertz CT molecular complexity index is 1550. The van der Waals surface area contributed by atoms with Gasteiger partial charge in [-0.05, 0) is 41.3 Å². The zero-order valence-electron chi connectivity index (χ0n) is 20.7. The molecule has 0 fully saturated rings. The summed E-state index contributed by atoms with van der Waals surface area (Å²) >= 11 is 0. The van der Waals surface area contributed by atoms with Crippen molar-refractivity contribution in [2.45, 2.75) is 33.0 Å².